The van der Waals surface area contributed by atoms with E-state index in [1.54, 1.807) is 23.1 Å². The molecule has 148 valence electrons. The molecule has 1 aliphatic rings. The number of likely N-dealkylation sites (tertiary alicyclic amines) is 1. The minimum absolute atomic E-state index is 0.00489. The summed E-state index contributed by atoms with van der Waals surface area (Å²) in [7, 11) is 0. The fourth-order valence-electron chi connectivity index (χ4n) is 3.12. The van der Waals surface area contributed by atoms with E-state index in [-0.39, 0.29) is 29.9 Å². The van der Waals surface area contributed by atoms with E-state index >= 15 is 0 Å². The molecule has 1 fully saturated rings. The SMILES string of the molecule is CCC(C)NC(=O)c1ccc(NC(=O)N2CCCC(NC(C)=O)C2)c(C)c1. The van der Waals surface area contributed by atoms with Crippen LogP contribution in [-0.2, 0) is 4.79 Å². The second-order valence-electron chi connectivity index (χ2n) is 7.23. The van der Waals surface area contributed by atoms with Crippen molar-refractivity contribution in [2.45, 2.75) is 59.0 Å². The summed E-state index contributed by atoms with van der Waals surface area (Å²) < 4.78 is 0. The van der Waals surface area contributed by atoms with Crippen LogP contribution in [0.3, 0.4) is 0 Å². The molecular formula is C20H30N4O3. The van der Waals surface area contributed by atoms with Gasteiger partial charge in [-0.3, -0.25) is 9.59 Å². The molecule has 2 rings (SSSR count). The lowest BCUT2D eigenvalue weighted by molar-refractivity contribution is -0.119. The van der Waals surface area contributed by atoms with Crippen molar-refractivity contribution in [3.8, 4) is 0 Å². The summed E-state index contributed by atoms with van der Waals surface area (Å²) in [5.74, 6) is -0.191. The Morgan fingerprint density at radius 2 is 2.04 bits per heavy atom. The molecule has 3 N–H and O–H groups in total. The molecule has 0 aromatic heterocycles. The van der Waals surface area contributed by atoms with E-state index in [2.05, 4.69) is 16.0 Å². The summed E-state index contributed by atoms with van der Waals surface area (Å²) in [6.07, 6.45) is 2.60. The number of rotatable bonds is 5. The predicted octanol–water partition coefficient (Wildman–Crippen LogP) is 2.66. The Labute approximate surface area is 160 Å². The number of carbonyl (C=O) groups is 3. The smallest absolute Gasteiger partial charge is 0.321 e. The lowest BCUT2D eigenvalue weighted by Gasteiger charge is -2.33. The third kappa shape index (κ3) is 5.98. The van der Waals surface area contributed by atoms with E-state index in [9.17, 15) is 14.4 Å². The maximum atomic E-state index is 12.6. The topological polar surface area (TPSA) is 90.5 Å². The summed E-state index contributed by atoms with van der Waals surface area (Å²) >= 11 is 0. The van der Waals surface area contributed by atoms with E-state index in [0.717, 1.165) is 24.8 Å². The molecule has 1 aromatic rings. The third-order valence-corrected chi connectivity index (χ3v) is 4.84. The monoisotopic (exact) mass is 374 g/mol. The van der Waals surface area contributed by atoms with E-state index in [4.69, 9.17) is 0 Å². The van der Waals surface area contributed by atoms with Crippen molar-refractivity contribution in [2.75, 3.05) is 18.4 Å². The first kappa shape index (κ1) is 20.7. The highest BCUT2D eigenvalue weighted by Gasteiger charge is 2.24. The number of amides is 4. The molecule has 4 amide bonds. The Hall–Kier alpha value is -2.57. The number of carbonyl (C=O) groups excluding carboxylic acids is 3. The third-order valence-electron chi connectivity index (χ3n) is 4.84. The van der Waals surface area contributed by atoms with Crippen LogP contribution < -0.4 is 16.0 Å². The lowest BCUT2D eigenvalue weighted by atomic mass is 10.1. The van der Waals surface area contributed by atoms with E-state index in [0.29, 0.717) is 24.3 Å². The summed E-state index contributed by atoms with van der Waals surface area (Å²) in [6.45, 7) is 8.50. The van der Waals surface area contributed by atoms with Gasteiger partial charge in [0.15, 0.2) is 0 Å². The predicted molar refractivity (Wildman–Crippen MR) is 106 cm³/mol. The van der Waals surface area contributed by atoms with Crippen molar-refractivity contribution in [1.29, 1.82) is 0 Å². The molecule has 1 aromatic carbocycles. The number of aryl methyl sites for hydroxylation is 1. The zero-order valence-corrected chi connectivity index (χ0v) is 16.6. The normalized spacial score (nSPS) is 17.8. The Bertz CT molecular complexity index is 704. The van der Waals surface area contributed by atoms with Crippen molar-refractivity contribution in [3.05, 3.63) is 29.3 Å². The molecule has 2 unspecified atom stereocenters. The standard InChI is InChI=1S/C20H30N4O3/c1-5-14(3)21-19(26)16-8-9-18(13(2)11-16)23-20(27)24-10-6-7-17(12-24)22-15(4)25/h8-9,11,14,17H,5-7,10,12H2,1-4H3,(H,21,26)(H,22,25)(H,23,27). The number of benzene rings is 1. The fourth-order valence-corrected chi connectivity index (χ4v) is 3.12. The van der Waals surface area contributed by atoms with Crippen LogP contribution in [0.2, 0.25) is 0 Å². The van der Waals surface area contributed by atoms with Crippen LogP contribution in [0.15, 0.2) is 18.2 Å². The first-order valence-corrected chi connectivity index (χ1v) is 9.54. The Kier molecular flexibility index (Phi) is 7.21. The zero-order chi connectivity index (χ0) is 20.0. The molecule has 7 nitrogen and oxygen atoms in total. The van der Waals surface area contributed by atoms with Crippen LogP contribution in [0.4, 0.5) is 10.5 Å². The highest BCUT2D eigenvalue weighted by molar-refractivity contribution is 5.96. The van der Waals surface area contributed by atoms with Crippen LogP contribution in [0.1, 0.15) is 56.0 Å². The number of piperidine rings is 1. The van der Waals surface area contributed by atoms with E-state index in [1.807, 2.05) is 20.8 Å². The summed E-state index contributed by atoms with van der Waals surface area (Å²) in [6, 6.07) is 5.18. The van der Waals surface area contributed by atoms with E-state index < -0.39 is 0 Å². The van der Waals surface area contributed by atoms with Crippen LogP contribution in [0, 0.1) is 6.92 Å². The number of urea groups is 1. The molecular weight excluding hydrogens is 344 g/mol. The van der Waals surface area contributed by atoms with Gasteiger partial charge in [0.05, 0.1) is 0 Å². The van der Waals surface area contributed by atoms with Crippen molar-refractivity contribution in [3.63, 3.8) is 0 Å². The molecule has 1 saturated heterocycles. The van der Waals surface area contributed by atoms with Gasteiger partial charge in [-0.2, -0.15) is 0 Å². The Balaban J connectivity index is 1.99. The van der Waals surface area contributed by atoms with Gasteiger partial charge in [0.2, 0.25) is 5.91 Å². The van der Waals surface area contributed by atoms with Crippen molar-refractivity contribution < 1.29 is 14.4 Å². The van der Waals surface area contributed by atoms with Gasteiger partial charge >= 0.3 is 6.03 Å². The van der Waals surface area contributed by atoms with Gasteiger partial charge in [0, 0.05) is 43.3 Å². The molecule has 1 aliphatic heterocycles. The van der Waals surface area contributed by atoms with Crippen LogP contribution in [-0.4, -0.2) is 47.9 Å². The molecule has 0 bridgehead atoms. The first-order chi connectivity index (χ1) is 12.8. The van der Waals surface area contributed by atoms with Gasteiger partial charge in [0.1, 0.15) is 0 Å². The van der Waals surface area contributed by atoms with Gasteiger partial charge in [-0.05, 0) is 56.9 Å². The van der Waals surface area contributed by atoms with Crippen molar-refractivity contribution in [1.82, 2.24) is 15.5 Å². The van der Waals surface area contributed by atoms with Crippen LogP contribution in [0.25, 0.3) is 0 Å². The highest BCUT2D eigenvalue weighted by Crippen LogP contribution is 2.19. The molecule has 0 saturated carbocycles. The van der Waals surface area contributed by atoms with Crippen LogP contribution >= 0.6 is 0 Å². The maximum Gasteiger partial charge on any atom is 0.321 e. The molecule has 2 atom stereocenters. The molecule has 1 heterocycles. The maximum absolute atomic E-state index is 12.6. The second-order valence-corrected chi connectivity index (χ2v) is 7.23. The molecule has 0 aliphatic carbocycles. The molecule has 27 heavy (non-hydrogen) atoms. The minimum atomic E-state index is -0.190. The van der Waals surface area contributed by atoms with Crippen LogP contribution in [0.5, 0.6) is 0 Å². The van der Waals surface area contributed by atoms with Gasteiger partial charge in [0.25, 0.3) is 5.91 Å². The molecule has 0 spiro atoms. The summed E-state index contributed by atoms with van der Waals surface area (Å²) in [5.41, 5.74) is 2.09. The average Bonchev–Trinajstić information content (AvgIpc) is 2.62. The van der Waals surface area contributed by atoms with Crippen molar-refractivity contribution >= 4 is 23.5 Å². The average molecular weight is 374 g/mol. The Morgan fingerprint density at radius 3 is 2.67 bits per heavy atom. The summed E-state index contributed by atoms with van der Waals surface area (Å²) in [5, 5.41) is 8.73. The second kappa shape index (κ2) is 9.39. The molecule has 7 heteroatoms. The highest BCUT2D eigenvalue weighted by atomic mass is 16.2. The number of nitrogens with one attached hydrogen (secondary N) is 3. The zero-order valence-electron chi connectivity index (χ0n) is 16.6. The van der Waals surface area contributed by atoms with E-state index in [1.165, 1.54) is 6.92 Å². The lowest BCUT2D eigenvalue weighted by Crippen LogP contribution is -2.50. The summed E-state index contributed by atoms with van der Waals surface area (Å²) in [4.78, 5) is 37.8. The van der Waals surface area contributed by atoms with Gasteiger partial charge < -0.3 is 20.9 Å². The molecule has 0 radical (unpaired) electrons. The number of anilines is 1. The largest absolute Gasteiger partial charge is 0.352 e. The van der Waals surface area contributed by atoms with Gasteiger partial charge in [-0.1, -0.05) is 6.92 Å². The van der Waals surface area contributed by atoms with Crippen molar-refractivity contribution in [2.24, 2.45) is 0 Å². The fraction of sp³-hybridized carbons (Fsp3) is 0.550. The Morgan fingerprint density at radius 1 is 1.30 bits per heavy atom. The quantitative estimate of drug-likeness (QED) is 0.740. The first-order valence-electron chi connectivity index (χ1n) is 9.54. The number of hydrogen-bond acceptors (Lipinski definition) is 3. The van der Waals surface area contributed by atoms with Gasteiger partial charge in [-0.25, -0.2) is 4.79 Å². The minimum Gasteiger partial charge on any atom is -0.352 e. The number of nitrogens with zero attached hydrogens (tertiary/aromatic N) is 1. The number of hydrogen-bond donors (Lipinski definition) is 3. The van der Waals surface area contributed by atoms with Gasteiger partial charge in [-0.15, -0.1) is 0 Å².